The van der Waals surface area contributed by atoms with Crippen molar-refractivity contribution >= 4 is 0 Å². The molecule has 90 valence electrons. The highest BCUT2D eigenvalue weighted by atomic mass is 14.1. The standard InChI is InChI=1S/C15H30/c1-6-14(4)10-8-12-15(5)11-7-9-13(2)3/h13-15H,1,4,6-12H2,2-3,5H3. The van der Waals surface area contributed by atoms with E-state index in [4.69, 9.17) is 0 Å². The Morgan fingerprint density at radius 1 is 0.867 bits per heavy atom. The van der Waals surface area contributed by atoms with Crippen LogP contribution in [0.1, 0.15) is 65.7 Å². The third kappa shape index (κ3) is 10.3. The van der Waals surface area contributed by atoms with E-state index >= 15 is 0 Å². The highest BCUT2D eigenvalue weighted by Gasteiger charge is 2.04. The van der Waals surface area contributed by atoms with Gasteiger partial charge in [0.05, 0.1) is 0 Å². The first-order valence-corrected chi connectivity index (χ1v) is 6.68. The molecule has 0 aliphatic carbocycles. The predicted octanol–water partition coefficient (Wildman–Crippen LogP) is 5.29. The van der Waals surface area contributed by atoms with Gasteiger partial charge in [0.2, 0.25) is 0 Å². The van der Waals surface area contributed by atoms with E-state index in [0.29, 0.717) is 5.92 Å². The Kier molecular flexibility index (Phi) is 9.24. The van der Waals surface area contributed by atoms with E-state index in [9.17, 15) is 0 Å². The summed E-state index contributed by atoms with van der Waals surface area (Å²) in [5.41, 5.74) is 0. The van der Waals surface area contributed by atoms with E-state index in [2.05, 4.69) is 34.6 Å². The summed E-state index contributed by atoms with van der Waals surface area (Å²) in [6, 6.07) is 0. The van der Waals surface area contributed by atoms with Crippen LogP contribution in [0.4, 0.5) is 0 Å². The Labute approximate surface area is 97.8 Å². The molecule has 2 atom stereocenters. The predicted molar refractivity (Wildman–Crippen MR) is 70.5 cm³/mol. The van der Waals surface area contributed by atoms with Gasteiger partial charge < -0.3 is 0 Å². The number of rotatable bonds is 9. The zero-order valence-corrected chi connectivity index (χ0v) is 11.1. The van der Waals surface area contributed by atoms with Crippen LogP contribution in [-0.2, 0) is 0 Å². The Bertz CT molecular complexity index is 126. The third-order valence-electron chi connectivity index (χ3n) is 3.20. The van der Waals surface area contributed by atoms with Crippen LogP contribution in [0, 0.1) is 31.6 Å². The van der Waals surface area contributed by atoms with Gasteiger partial charge in [0.25, 0.3) is 0 Å². The van der Waals surface area contributed by atoms with E-state index in [1.807, 2.05) is 0 Å². The lowest BCUT2D eigenvalue weighted by molar-refractivity contribution is 0.409. The van der Waals surface area contributed by atoms with Crippen molar-refractivity contribution in [3.8, 4) is 0 Å². The van der Waals surface area contributed by atoms with E-state index in [1.54, 1.807) is 0 Å². The molecule has 0 nitrogen and oxygen atoms in total. The van der Waals surface area contributed by atoms with Crippen molar-refractivity contribution in [3.63, 3.8) is 0 Å². The highest BCUT2D eigenvalue weighted by Crippen LogP contribution is 2.19. The van der Waals surface area contributed by atoms with Crippen molar-refractivity contribution in [2.24, 2.45) is 17.8 Å². The number of hydrogen-bond donors (Lipinski definition) is 0. The van der Waals surface area contributed by atoms with Crippen molar-refractivity contribution in [1.82, 2.24) is 0 Å². The van der Waals surface area contributed by atoms with Gasteiger partial charge in [0.1, 0.15) is 0 Å². The largest absolute Gasteiger partial charge is 0.0628 e. The van der Waals surface area contributed by atoms with Crippen LogP contribution in [0.25, 0.3) is 0 Å². The Hall–Kier alpha value is 0. The molecule has 0 N–H and O–H groups in total. The maximum Gasteiger partial charge on any atom is -0.0414 e. The van der Waals surface area contributed by atoms with Crippen LogP contribution < -0.4 is 0 Å². The first-order chi connectivity index (χ1) is 7.06. The molecule has 0 heterocycles. The lowest BCUT2D eigenvalue weighted by atomic mass is 9.93. The Balaban J connectivity index is 3.29. The van der Waals surface area contributed by atoms with Crippen molar-refractivity contribution in [3.05, 3.63) is 13.8 Å². The summed E-state index contributed by atoms with van der Waals surface area (Å²) in [6.07, 6.45) is 9.17. The van der Waals surface area contributed by atoms with Gasteiger partial charge in [0, 0.05) is 0 Å². The summed E-state index contributed by atoms with van der Waals surface area (Å²) >= 11 is 0. The normalized spacial score (nSPS) is 15.6. The quantitative estimate of drug-likeness (QED) is 0.485. The second kappa shape index (κ2) is 9.24. The number of hydrogen-bond acceptors (Lipinski definition) is 0. The maximum atomic E-state index is 4.08. The molecule has 0 bridgehead atoms. The highest BCUT2D eigenvalue weighted by molar-refractivity contribution is 4.64. The maximum absolute atomic E-state index is 4.08. The van der Waals surface area contributed by atoms with Crippen LogP contribution in [0.2, 0.25) is 0 Å². The van der Waals surface area contributed by atoms with E-state index in [1.165, 1.54) is 38.5 Å². The van der Waals surface area contributed by atoms with Gasteiger partial charge in [-0.05, 0) is 17.8 Å². The van der Waals surface area contributed by atoms with Gasteiger partial charge in [-0.15, -0.1) is 0 Å². The zero-order valence-electron chi connectivity index (χ0n) is 11.1. The monoisotopic (exact) mass is 210 g/mol. The van der Waals surface area contributed by atoms with Crippen molar-refractivity contribution < 1.29 is 0 Å². The molecule has 0 rings (SSSR count). The Morgan fingerprint density at radius 3 is 1.87 bits per heavy atom. The molecule has 0 saturated heterocycles. The molecule has 0 aromatic rings. The molecule has 15 heavy (non-hydrogen) atoms. The molecule has 0 aromatic heterocycles. The van der Waals surface area contributed by atoms with Gasteiger partial charge >= 0.3 is 0 Å². The zero-order chi connectivity index (χ0) is 11.7. The van der Waals surface area contributed by atoms with E-state index in [0.717, 1.165) is 18.3 Å². The second-order valence-corrected chi connectivity index (χ2v) is 5.52. The van der Waals surface area contributed by atoms with Gasteiger partial charge in [-0.1, -0.05) is 79.6 Å². The summed E-state index contributed by atoms with van der Waals surface area (Å²) < 4.78 is 0. The minimum atomic E-state index is 0.577. The summed E-state index contributed by atoms with van der Waals surface area (Å²) in [7, 11) is 0. The smallest absolute Gasteiger partial charge is 0.0414 e. The Morgan fingerprint density at radius 2 is 1.40 bits per heavy atom. The topological polar surface area (TPSA) is 0 Å². The van der Waals surface area contributed by atoms with Gasteiger partial charge in [-0.2, -0.15) is 0 Å². The molecule has 0 aliphatic heterocycles. The molecule has 0 saturated carbocycles. The third-order valence-corrected chi connectivity index (χ3v) is 3.20. The lowest BCUT2D eigenvalue weighted by Crippen LogP contribution is -1.99. The molecule has 0 amide bonds. The molecular formula is C15H30. The minimum Gasteiger partial charge on any atom is -0.0628 e. The van der Waals surface area contributed by atoms with Crippen LogP contribution in [0.15, 0.2) is 0 Å². The van der Waals surface area contributed by atoms with E-state index < -0.39 is 0 Å². The lowest BCUT2D eigenvalue weighted by Gasteiger charge is -2.13. The second-order valence-electron chi connectivity index (χ2n) is 5.52. The molecule has 2 radical (unpaired) electrons. The van der Waals surface area contributed by atoms with Crippen molar-refractivity contribution in [1.29, 1.82) is 0 Å². The van der Waals surface area contributed by atoms with Gasteiger partial charge in [0.15, 0.2) is 0 Å². The van der Waals surface area contributed by atoms with Crippen LogP contribution in [0.3, 0.4) is 0 Å². The van der Waals surface area contributed by atoms with Crippen molar-refractivity contribution in [2.45, 2.75) is 65.7 Å². The molecular weight excluding hydrogens is 180 g/mol. The summed E-state index contributed by atoms with van der Waals surface area (Å²) in [4.78, 5) is 0. The van der Waals surface area contributed by atoms with E-state index in [-0.39, 0.29) is 0 Å². The summed E-state index contributed by atoms with van der Waals surface area (Å²) in [6.45, 7) is 15.0. The molecule has 0 aromatic carbocycles. The molecule has 0 heteroatoms. The van der Waals surface area contributed by atoms with Crippen LogP contribution >= 0.6 is 0 Å². The fraction of sp³-hybridized carbons (Fsp3) is 0.867. The van der Waals surface area contributed by atoms with Crippen LogP contribution in [0.5, 0.6) is 0 Å². The summed E-state index contributed by atoms with van der Waals surface area (Å²) in [5.74, 6) is 2.35. The van der Waals surface area contributed by atoms with Crippen molar-refractivity contribution in [2.75, 3.05) is 0 Å². The fourth-order valence-electron chi connectivity index (χ4n) is 1.92. The molecule has 0 fully saturated rings. The first-order valence-electron chi connectivity index (χ1n) is 6.68. The van der Waals surface area contributed by atoms with Gasteiger partial charge in [-0.25, -0.2) is 0 Å². The molecule has 2 unspecified atom stereocenters. The molecule has 0 spiro atoms. The average Bonchev–Trinajstić information content (AvgIpc) is 2.17. The average molecular weight is 210 g/mol. The van der Waals surface area contributed by atoms with Crippen LogP contribution in [-0.4, -0.2) is 0 Å². The summed E-state index contributed by atoms with van der Waals surface area (Å²) in [5, 5.41) is 0. The molecule has 0 aliphatic rings. The fourth-order valence-corrected chi connectivity index (χ4v) is 1.92. The SMILES string of the molecule is [CH2]CC([CH2])CCCC(C)CCCC(C)C. The van der Waals surface area contributed by atoms with Gasteiger partial charge in [-0.3, -0.25) is 0 Å². The minimum absolute atomic E-state index is 0.577. The first kappa shape index (κ1) is 15.0.